The van der Waals surface area contributed by atoms with Crippen molar-refractivity contribution in [1.82, 2.24) is 45.6 Å². The Morgan fingerprint density at radius 1 is 0.880 bits per heavy atom. The highest BCUT2D eigenvalue weighted by Gasteiger charge is 2.45. The number of aliphatic hydroxyl groups is 2. The molecule has 3 aromatic carbocycles. The second-order valence-electron chi connectivity index (χ2n) is 23.6. The number of likely N-dealkylation sites (tertiary alicyclic amines) is 2. The maximum atomic E-state index is 14.1. The minimum absolute atomic E-state index is 0.0134. The van der Waals surface area contributed by atoms with Gasteiger partial charge in [0.25, 0.3) is 5.89 Å². The SMILES string of the molecule is Cc1ncsc1-c1ccc(CNC(=O)[C@@H]2C[C@@H](O)CN2C(=O)[C@@H](NC(=O)CCCCCCCCCC(=O)N2CCC(c3nnc(-c4cnc(Nc5ccc6c(c5)C(C)(C)OC6=O)nc4N[C@H](CO)c4ccccc4)o3)CC2)C(C)(C)C)cc1. The number of carbonyl (C=O) groups is 5. The summed E-state index contributed by atoms with van der Waals surface area (Å²) in [6.45, 7) is 12.5. The molecule has 4 atom stereocenters. The van der Waals surface area contributed by atoms with Crippen molar-refractivity contribution >= 4 is 58.4 Å². The Labute approximate surface area is 488 Å². The average molecular weight is 1150 g/mol. The number of hydrogen-bond donors (Lipinski definition) is 6. The zero-order valence-electron chi connectivity index (χ0n) is 48.3. The Bertz CT molecular complexity index is 3230. The van der Waals surface area contributed by atoms with E-state index in [9.17, 15) is 34.2 Å². The molecule has 6 heterocycles. The molecule has 3 aliphatic heterocycles. The number of β-amino-alcohol motifs (C(OH)–C–C–N with tert-alkyl or cyclic N) is 1. The first-order valence-corrected chi connectivity index (χ1v) is 29.8. The number of ether oxygens (including phenoxy) is 1. The number of aryl methyl sites for hydroxylation is 1. The molecule has 0 spiro atoms. The summed E-state index contributed by atoms with van der Waals surface area (Å²) in [4.78, 5) is 84.8. The molecule has 3 aromatic heterocycles. The lowest BCUT2D eigenvalue weighted by atomic mass is 9.85. The van der Waals surface area contributed by atoms with E-state index in [4.69, 9.17) is 14.1 Å². The summed E-state index contributed by atoms with van der Waals surface area (Å²) < 4.78 is 11.9. The summed E-state index contributed by atoms with van der Waals surface area (Å²) in [5, 5.41) is 42.5. The van der Waals surface area contributed by atoms with Crippen LogP contribution in [-0.2, 0) is 36.1 Å². The number of piperidine rings is 1. The number of aromatic nitrogens is 5. The number of cyclic esters (lactones) is 1. The average Bonchev–Trinajstić information content (AvgIpc) is 4.34. The van der Waals surface area contributed by atoms with Crippen molar-refractivity contribution in [3.8, 4) is 21.9 Å². The molecular formula is C62H77N11O9S. The molecule has 3 aliphatic rings. The van der Waals surface area contributed by atoms with Gasteiger partial charge in [-0.15, -0.1) is 21.5 Å². The van der Waals surface area contributed by atoms with E-state index in [1.165, 1.54) is 4.90 Å². The summed E-state index contributed by atoms with van der Waals surface area (Å²) in [6, 6.07) is 20.5. The van der Waals surface area contributed by atoms with E-state index in [0.717, 1.165) is 71.3 Å². The topological polar surface area (TPSA) is 267 Å². The Morgan fingerprint density at radius 2 is 1.59 bits per heavy atom. The molecule has 6 N–H and O–H groups in total. The van der Waals surface area contributed by atoms with Gasteiger partial charge in [0.2, 0.25) is 35.5 Å². The van der Waals surface area contributed by atoms with Gasteiger partial charge in [-0.1, -0.05) is 107 Å². The number of esters is 1. The van der Waals surface area contributed by atoms with Crippen molar-refractivity contribution < 1.29 is 43.3 Å². The predicted octanol–water partition coefficient (Wildman–Crippen LogP) is 9.28. The zero-order valence-corrected chi connectivity index (χ0v) is 49.1. The lowest BCUT2D eigenvalue weighted by Gasteiger charge is -2.35. The second kappa shape index (κ2) is 26.7. The number of thiazole rings is 1. The first-order chi connectivity index (χ1) is 39.8. The van der Waals surface area contributed by atoms with Gasteiger partial charge in [0.1, 0.15) is 23.5 Å². The molecule has 4 amide bonds. The highest BCUT2D eigenvalue weighted by molar-refractivity contribution is 7.13. The quantitative estimate of drug-likeness (QED) is 0.0243. The lowest BCUT2D eigenvalue weighted by Crippen LogP contribution is -2.57. The number of fused-ring (bicyclic) bond motifs is 1. The van der Waals surface area contributed by atoms with Crippen LogP contribution in [0.1, 0.15) is 162 Å². The fourth-order valence-corrected chi connectivity index (χ4v) is 11.9. The van der Waals surface area contributed by atoms with E-state index in [1.54, 1.807) is 29.7 Å². The van der Waals surface area contributed by atoms with Crippen molar-refractivity contribution in [2.75, 3.05) is 36.9 Å². The van der Waals surface area contributed by atoms with Crippen LogP contribution in [-0.4, -0.2) is 119 Å². The molecule has 0 bridgehead atoms. The number of rotatable bonds is 24. The van der Waals surface area contributed by atoms with Crippen LogP contribution in [0, 0.1) is 12.3 Å². The van der Waals surface area contributed by atoms with Gasteiger partial charge in [-0.05, 0) is 86.8 Å². The summed E-state index contributed by atoms with van der Waals surface area (Å²) in [5.74, 6) is 0.0809. The van der Waals surface area contributed by atoms with Gasteiger partial charge in [-0.25, -0.2) is 14.8 Å². The lowest BCUT2D eigenvalue weighted by molar-refractivity contribution is -0.144. The van der Waals surface area contributed by atoms with Crippen molar-refractivity contribution in [1.29, 1.82) is 0 Å². The van der Waals surface area contributed by atoms with E-state index < -0.39 is 35.2 Å². The van der Waals surface area contributed by atoms with Crippen LogP contribution in [0.4, 0.5) is 17.5 Å². The fourth-order valence-electron chi connectivity index (χ4n) is 11.1. The first kappa shape index (κ1) is 60.0. The molecule has 0 saturated carbocycles. The number of carbonyl (C=O) groups excluding carboxylic acids is 5. The molecule has 83 heavy (non-hydrogen) atoms. The third kappa shape index (κ3) is 15.0. The predicted molar refractivity (Wildman–Crippen MR) is 315 cm³/mol. The van der Waals surface area contributed by atoms with Crippen LogP contribution < -0.4 is 21.3 Å². The summed E-state index contributed by atoms with van der Waals surface area (Å²) in [6.07, 6.45) is 9.13. The maximum absolute atomic E-state index is 14.1. The van der Waals surface area contributed by atoms with Crippen molar-refractivity contribution in [2.45, 2.75) is 161 Å². The highest BCUT2D eigenvalue weighted by atomic mass is 32.1. The summed E-state index contributed by atoms with van der Waals surface area (Å²) in [5.41, 5.74) is 6.53. The monoisotopic (exact) mass is 1150 g/mol. The van der Waals surface area contributed by atoms with Crippen molar-refractivity contribution in [3.63, 3.8) is 0 Å². The molecule has 2 saturated heterocycles. The van der Waals surface area contributed by atoms with Gasteiger partial charge in [-0.2, -0.15) is 4.98 Å². The van der Waals surface area contributed by atoms with E-state index in [2.05, 4.69) is 41.4 Å². The van der Waals surface area contributed by atoms with Gasteiger partial charge < -0.3 is 50.4 Å². The molecule has 0 radical (unpaired) electrons. The van der Waals surface area contributed by atoms with Crippen LogP contribution in [0.25, 0.3) is 21.9 Å². The van der Waals surface area contributed by atoms with Gasteiger partial charge in [-0.3, -0.25) is 19.2 Å². The molecule has 2 fully saturated rings. The van der Waals surface area contributed by atoms with Crippen LogP contribution in [0.2, 0.25) is 0 Å². The first-order valence-electron chi connectivity index (χ1n) is 29.0. The van der Waals surface area contributed by atoms with E-state index in [1.807, 2.05) is 113 Å². The van der Waals surface area contributed by atoms with Gasteiger partial charge in [0.15, 0.2) is 0 Å². The summed E-state index contributed by atoms with van der Waals surface area (Å²) in [7, 11) is 0. The van der Waals surface area contributed by atoms with Crippen LogP contribution in [0.15, 0.2) is 88.9 Å². The van der Waals surface area contributed by atoms with Crippen LogP contribution >= 0.6 is 11.3 Å². The molecule has 9 rings (SSSR count). The van der Waals surface area contributed by atoms with Crippen LogP contribution in [0.5, 0.6) is 0 Å². The largest absolute Gasteiger partial charge is 0.451 e. The minimum atomic E-state index is -0.879. The van der Waals surface area contributed by atoms with Gasteiger partial charge >= 0.3 is 5.97 Å². The molecule has 0 unspecified atom stereocenters. The molecule has 6 aromatic rings. The highest BCUT2D eigenvalue weighted by Crippen LogP contribution is 2.39. The number of anilines is 3. The number of aliphatic hydroxyl groups excluding tert-OH is 2. The zero-order chi connectivity index (χ0) is 58.8. The third-order valence-corrected chi connectivity index (χ3v) is 16.8. The smallest absolute Gasteiger partial charge is 0.339 e. The number of nitrogens with one attached hydrogen (secondary N) is 4. The Hall–Kier alpha value is -7.62. The molecule has 440 valence electrons. The number of hydrogen-bond acceptors (Lipinski definition) is 17. The van der Waals surface area contributed by atoms with Gasteiger partial charge in [0.05, 0.1) is 46.0 Å². The molecule has 0 aliphatic carbocycles. The normalized spacial score (nSPS) is 17.6. The van der Waals surface area contributed by atoms with E-state index >= 15 is 0 Å². The van der Waals surface area contributed by atoms with Crippen molar-refractivity contribution in [2.24, 2.45) is 5.41 Å². The van der Waals surface area contributed by atoms with E-state index in [0.29, 0.717) is 67.3 Å². The number of nitrogens with zero attached hydrogens (tertiary/aromatic N) is 7. The number of unbranched alkanes of at least 4 members (excludes halogenated alkanes) is 6. The third-order valence-electron chi connectivity index (χ3n) is 15.9. The Balaban J connectivity index is 0.682. The number of benzene rings is 3. The molecule has 21 heteroatoms. The van der Waals surface area contributed by atoms with Crippen molar-refractivity contribution in [3.05, 3.63) is 118 Å². The van der Waals surface area contributed by atoms with E-state index in [-0.39, 0.29) is 79.9 Å². The fraction of sp³-hybridized carbons (Fsp3) is 0.484. The van der Waals surface area contributed by atoms with Gasteiger partial charge in [0, 0.05) is 68.8 Å². The standard InChI is InChI=1S/C62H77N11O9S/c1-38-52(83-37-65-38)41-23-21-39(22-24-41)33-63-55(78)49-32-44(75)35-73(49)58(79)53(61(2,3)4)68-50(76)19-15-10-8-7-9-11-16-20-51(77)72-29-27-42(28-30-72)56-70-71-57(81-56)46-34-64-60(69-54(46)67-48(36-74)40-17-13-12-14-18-40)66-43-25-26-45-47(31-43)62(5,6)82-59(45)80/h12-14,17-18,21-26,31,34,37,42,44,48-49,53,74-75H,7-11,15-16,19-20,27-30,32-33,35-36H2,1-6H3,(H,63,78)(H,68,76)(H2,64,66,67,69)/t44-,48-,49+,53-/m1/s1. The number of amides is 4. The maximum Gasteiger partial charge on any atom is 0.339 e. The Morgan fingerprint density at radius 3 is 2.28 bits per heavy atom. The van der Waals surface area contributed by atoms with Crippen LogP contribution in [0.3, 0.4) is 0 Å². The summed E-state index contributed by atoms with van der Waals surface area (Å²) >= 11 is 1.58. The Kier molecular flexibility index (Phi) is 19.3. The molecular weight excluding hydrogens is 1070 g/mol. The molecule has 20 nitrogen and oxygen atoms in total. The second-order valence-corrected chi connectivity index (χ2v) is 24.4. The minimum Gasteiger partial charge on any atom is -0.451 e.